The van der Waals surface area contributed by atoms with Crippen molar-refractivity contribution in [1.82, 2.24) is 0 Å². The Morgan fingerprint density at radius 3 is 1.76 bits per heavy atom. The van der Waals surface area contributed by atoms with E-state index >= 15 is 0 Å². The standard InChI is InChI=1S/C9H14O4.C9H10O4.C8H12O4.C6H10O6/c2*1-3-7-4-5-8(9(11)13-7)12-6(2)10;1-5-3-4-7(8(10)11-5)12-6(2)9;7-1-2-3(8)4(9)5(10)6(11)12-2/h7-8H,3-5H2,1-2H3;4-5H,3H2,1-2H3;5,7H,3-4H2,1-2H3;2-5,7-10H,1H2/t;;;2-,3-,4+,5-/m...1/s1. The molecule has 0 bridgehead atoms. The fourth-order valence-electron chi connectivity index (χ4n) is 4.33. The molecule has 0 radical (unpaired) electrons. The monoisotopic (exact) mass is 718 g/mol. The number of cyclic esters (lactones) is 3. The van der Waals surface area contributed by atoms with Crippen LogP contribution in [0.25, 0.3) is 0 Å². The Morgan fingerprint density at radius 2 is 1.32 bits per heavy atom. The molecule has 0 aromatic carbocycles. The van der Waals surface area contributed by atoms with Gasteiger partial charge in [-0.25, -0.2) is 19.2 Å². The largest absolute Gasteiger partial charge is 0.460 e. The topological polar surface area (TPSA) is 269 Å². The van der Waals surface area contributed by atoms with Crippen LogP contribution in [0.4, 0.5) is 0 Å². The lowest BCUT2D eigenvalue weighted by molar-refractivity contribution is -0.206. The lowest BCUT2D eigenvalue weighted by Crippen LogP contribution is -2.56. The van der Waals surface area contributed by atoms with E-state index in [1.54, 1.807) is 6.07 Å². The second-order valence-electron chi connectivity index (χ2n) is 11.2. The van der Waals surface area contributed by atoms with Gasteiger partial charge in [0.05, 0.1) is 12.7 Å². The zero-order valence-electron chi connectivity index (χ0n) is 28.7. The summed E-state index contributed by atoms with van der Waals surface area (Å²) in [6.07, 6.45) is -3.21. The van der Waals surface area contributed by atoms with Gasteiger partial charge in [0.1, 0.15) is 24.1 Å². The van der Waals surface area contributed by atoms with Gasteiger partial charge in [0, 0.05) is 27.2 Å². The summed E-state index contributed by atoms with van der Waals surface area (Å²) in [5.41, 5.74) is -0.616. The van der Waals surface area contributed by atoms with Gasteiger partial charge in [0.2, 0.25) is 5.75 Å². The molecule has 50 heavy (non-hydrogen) atoms. The molecule has 3 saturated heterocycles. The van der Waals surface area contributed by atoms with Gasteiger partial charge in [-0.05, 0) is 51.2 Å². The Morgan fingerprint density at radius 1 is 0.760 bits per heavy atom. The summed E-state index contributed by atoms with van der Waals surface area (Å²) in [5, 5.41) is 35.5. The second kappa shape index (κ2) is 21.6. The maximum Gasteiger partial charge on any atom is 0.379 e. The maximum atomic E-state index is 11.2. The highest BCUT2D eigenvalue weighted by atomic mass is 16.6. The fourth-order valence-corrected chi connectivity index (χ4v) is 4.33. The van der Waals surface area contributed by atoms with Crippen molar-refractivity contribution in [1.29, 1.82) is 0 Å². The highest BCUT2D eigenvalue weighted by molar-refractivity contribution is 5.80. The van der Waals surface area contributed by atoms with Crippen molar-refractivity contribution >= 4 is 35.8 Å². The quantitative estimate of drug-likeness (QED) is 0.219. The summed E-state index contributed by atoms with van der Waals surface area (Å²) >= 11 is 0. The molecule has 282 valence electrons. The molecule has 3 fully saturated rings. The van der Waals surface area contributed by atoms with Gasteiger partial charge < -0.3 is 53.3 Å². The van der Waals surface area contributed by atoms with Gasteiger partial charge in [-0.15, -0.1) is 0 Å². The number of aliphatic hydroxyl groups excluding tert-OH is 4. The van der Waals surface area contributed by atoms with Crippen molar-refractivity contribution in [3.8, 4) is 5.75 Å². The lowest BCUT2D eigenvalue weighted by atomic mass is 10.0. The van der Waals surface area contributed by atoms with Crippen LogP contribution in [0.2, 0.25) is 0 Å². The molecule has 18 heteroatoms. The first-order chi connectivity index (χ1) is 23.4. The average molecular weight is 719 g/mol. The molecule has 18 nitrogen and oxygen atoms in total. The molecule has 3 aliphatic heterocycles. The number of hydrogen-bond acceptors (Lipinski definition) is 18. The first kappa shape index (κ1) is 43.6. The van der Waals surface area contributed by atoms with Crippen LogP contribution in [0, 0.1) is 0 Å². The van der Waals surface area contributed by atoms with E-state index < -0.39 is 84.7 Å². The SMILES string of the molecule is CC(=O)OC1CCC(C)OC1=O.CCC1CCC(OC(C)=O)C(=O)O1.CCc1ccc(OC(C)=O)c(=O)o1.O=C1O[C@H](CO)[C@@H](O)[C@H](O)[C@H]1O. The van der Waals surface area contributed by atoms with Crippen LogP contribution in [0.3, 0.4) is 0 Å². The van der Waals surface area contributed by atoms with Crippen molar-refractivity contribution in [3.63, 3.8) is 0 Å². The summed E-state index contributed by atoms with van der Waals surface area (Å²) in [6.45, 7) is 8.87. The Kier molecular flexibility index (Phi) is 18.9. The zero-order chi connectivity index (χ0) is 38.1. The van der Waals surface area contributed by atoms with Crippen LogP contribution in [-0.4, -0.2) is 112 Å². The summed E-state index contributed by atoms with van der Waals surface area (Å²) < 4.78 is 33.2. The van der Waals surface area contributed by atoms with E-state index in [2.05, 4.69) is 9.47 Å². The Hall–Kier alpha value is -4.39. The van der Waals surface area contributed by atoms with Crippen molar-refractivity contribution in [3.05, 3.63) is 28.3 Å². The van der Waals surface area contributed by atoms with E-state index in [1.165, 1.54) is 26.8 Å². The molecule has 8 atom stereocenters. The minimum atomic E-state index is -1.73. The molecule has 0 spiro atoms. The highest BCUT2D eigenvalue weighted by Crippen LogP contribution is 2.20. The van der Waals surface area contributed by atoms with Crippen molar-refractivity contribution in [2.45, 2.75) is 129 Å². The van der Waals surface area contributed by atoms with Crippen LogP contribution in [0.5, 0.6) is 5.75 Å². The number of aryl methyl sites for hydroxylation is 1. The molecule has 0 amide bonds. The van der Waals surface area contributed by atoms with Gasteiger partial charge in [0.15, 0.2) is 24.4 Å². The predicted octanol–water partition coefficient (Wildman–Crippen LogP) is -0.208. The van der Waals surface area contributed by atoms with Crippen LogP contribution >= 0.6 is 0 Å². The smallest absolute Gasteiger partial charge is 0.379 e. The number of carbonyl (C=O) groups is 6. The molecule has 4 rings (SSSR count). The number of hydrogen-bond donors (Lipinski definition) is 4. The number of rotatable bonds is 6. The maximum absolute atomic E-state index is 11.2. The normalized spacial score (nSPS) is 27.0. The van der Waals surface area contributed by atoms with Crippen LogP contribution in [0.15, 0.2) is 21.3 Å². The van der Waals surface area contributed by atoms with Crippen molar-refractivity contribution in [2.24, 2.45) is 0 Å². The minimum absolute atomic E-state index is 0.000641. The van der Waals surface area contributed by atoms with E-state index in [9.17, 15) is 33.6 Å². The Bertz CT molecular complexity index is 1350. The van der Waals surface area contributed by atoms with E-state index in [1.807, 2.05) is 20.8 Å². The lowest BCUT2D eigenvalue weighted by Gasteiger charge is -2.32. The zero-order valence-corrected chi connectivity index (χ0v) is 28.7. The first-order valence-corrected chi connectivity index (χ1v) is 15.9. The second-order valence-corrected chi connectivity index (χ2v) is 11.2. The summed E-state index contributed by atoms with van der Waals surface area (Å²) in [6, 6.07) is 3.05. The van der Waals surface area contributed by atoms with Crippen LogP contribution in [-0.2, 0) is 58.9 Å². The number of esters is 6. The highest BCUT2D eigenvalue weighted by Gasteiger charge is 2.43. The molecule has 1 aromatic rings. The first-order valence-electron chi connectivity index (χ1n) is 15.9. The van der Waals surface area contributed by atoms with Crippen molar-refractivity contribution in [2.75, 3.05) is 6.61 Å². The van der Waals surface area contributed by atoms with Crippen LogP contribution in [0.1, 0.15) is 79.4 Å². The Labute approximate surface area is 287 Å². The van der Waals surface area contributed by atoms with E-state index in [-0.39, 0.29) is 18.0 Å². The third kappa shape index (κ3) is 15.0. The van der Waals surface area contributed by atoms with E-state index in [4.69, 9.17) is 43.8 Å². The number of aliphatic hydroxyl groups is 4. The molecule has 1 aromatic heterocycles. The third-order valence-electron chi connectivity index (χ3n) is 6.97. The minimum Gasteiger partial charge on any atom is -0.460 e. The van der Waals surface area contributed by atoms with Gasteiger partial charge in [0.25, 0.3) is 0 Å². The predicted molar refractivity (Wildman–Crippen MR) is 166 cm³/mol. The van der Waals surface area contributed by atoms with Gasteiger partial charge in [-0.2, -0.15) is 0 Å². The fraction of sp³-hybridized carbons (Fsp3) is 0.656. The Balaban J connectivity index is 0.000000334. The van der Waals surface area contributed by atoms with E-state index in [0.29, 0.717) is 25.0 Å². The summed E-state index contributed by atoms with van der Waals surface area (Å²) in [7, 11) is 0. The van der Waals surface area contributed by atoms with Crippen LogP contribution < -0.4 is 10.4 Å². The summed E-state index contributed by atoms with van der Waals surface area (Å²) in [5.74, 6) is -2.77. The molecule has 4 unspecified atom stereocenters. The van der Waals surface area contributed by atoms with E-state index in [0.717, 1.165) is 19.3 Å². The summed E-state index contributed by atoms with van der Waals surface area (Å²) in [4.78, 5) is 75.6. The molecule has 3 aliphatic rings. The molecule has 0 aliphatic carbocycles. The van der Waals surface area contributed by atoms with Gasteiger partial charge in [-0.3, -0.25) is 14.4 Å². The van der Waals surface area contributed by atoms with Gasteiger partial charge in [-0.1, -0.05) is 13.8 Å². The third-order valence-corrected chi connectivity index (χ3v) is 6.97. The van der Waals surface area contributed by atoms with Gasteiger partial charge >= 0.3 is 41.4 Å². The molecular formula is C32H46O18. The molecule has 0 saturated carbocycles. The van der Waals surface area contributed by atoms with Crippen molar-refractivity contribution < 1.29 is 82.0 Å². The number of ether oxygens (including phenoxy) is 6. The molecule has 4 N–H and O–H groups in total. The molecule has 4 heterocycles. The number of carbonyl (C=O) groups excluding carboxylic acids is 6. The average Bonchev–Trinajstić information content (AvgIpc) is 3.05. The molecular weight excluding hydrogens is 672 g/mol.